The Morgan fingerprint density at radius 1 is 1.05 bits per heavy atom. The molecule has 1 amide bonds. The Morgan fingerprint density at radius 2 is 1.82 bits per heavy atom. The number of carbonyl (C=O) groups excluding carboxylic acids is 1. The monoisotopic (exact) mass is 548 g/mol. The first-order chi connectivity index (χ1) is 19.2. The zero-order valence-corrected chi connectivity index (χ0v) is 22.3. The summed E-state index contributed by atoms with van der Waals surface area (Å²) >= 11 is 0. The van der Waals surface area contributed by atoms with Crippen LogP contribution in [-0.4, -0.2) is 41.5 Å². The van der Waals surface area contributed by atoms with Gasteiger partial charge in [-0.05, 0) is 69.2 Å². The zero-order chi connectivity index (χ0) is 28.1. The van der Waals surface area contributed by atoms with E-state index >= 15 is 0 Å². The molecule has 1 aliphatic heterocycles. The number of imidazole rings is 1. The number of anilines is 1. The van der Waals surface area contributed by atoms with Crippen molar-refractivity contribution in [3.8, 4) is 11.3 Å². The average Bonchev–Trinajstić information content (AvgIpc) is 3.59. The highest BCUT2D eigenvalue weighted by Gasteiger charge is 2.39. The van der Waals surface area contributed by atoms with Crippen molar-refractivity contribution in [2.24, 2.45) is 13.0 Å². The molecule has 1 saturated carbocycles. The molecule has 0 bridgehead atoms. The van der Waals surface area contributed by atoms with E-state index in [0.717, 1.165) is 65.8 Å². The molecule has 0 unspecified atom stereocenters. The SMILES string of the molecule is Cc1nnn(C)c1-c1ccc2c(c1)nc([C@@H]1CCC(=O)N1c1ccc(F)c(F)c1)n2C1CCC(CC(=O)O)CC1. The number of carboxylic acids is 1. The Balaban J connectivity index is 1.46. The number of amides is 1. The van der Waals surface area contributed by atoms with Crippen LogP contribution in [0.2, 0.25) is 0 Å². The molecule has 2 fully saturated rings. The van der Waals surface area contributed by atoms with Crippen molar-refractivity contribution in [3.63, 3.8) is 0 Å². The fraction of sp³-hybridized carbons (Fsp3) is 0.414. The molecule has 6 rings (SSSR count). The first kappa shape index (κ1) is 26.1. The standard InChI is InChI=1S/C29H30F2N6O3/c1-16-28(35(2)34-33-16)18-5-10-24-23(14-18)32-29(37(24)19-6-3-17(4-7-19)13-27(39)40)25-11-12-26(38)36(25)20-8-9-21(30)22(31)15-20/h5,8-10,14-15,17,19,25H,3-4,6-7,11-13H2,1-2H3,(H,39,40)/t17?,19?,25-/m0/s1. The van der Waals surface area contributed by atoms with Gasteiger partial charge in [0.1, 0.15) is 5.82 Å². The lowest BCUT2D eigenvalue weighted by molar-refractivity contribution is -0.138. The van der Waals surface area contributed by atoms with Gasteiger partial charge in [-0.3, -0.25) is 9.59 Å². The lowest BCUT2D eigenvalue weighted by atomic mass is 9.84. The van der Waals surface area contributed by atoms with E-state index in [1.165, 1.54) is 11.0 Å². The van der Waals surface area contributed by atoms with Crippen LogP contribution < -0.4 is 4.90 Å². The van der Waals surface area contributed by atoms with Crippen molar-refractivity contribution in [3.05, 3.63) is 59.6 Å². The molecule has 2 aromatic heterocycles. The lowest BCUT2D eigenvalue weighted by Crippen LogP contribution is -2.30. The first-order valence-corrected chi connectivity index (χ1v) is 13.6. The predicted molar refractivity (Wildman–Crippen MR) is 144 cm³/mol. The van der Waals surface area contributed by atoms with Crippen LogP contribution in [0.5, 0.6) is 0 Å². The number of halogens is 2. The predicted octanol–water partition coefficient (Wildman–Crippen LogP) is 5.49. The Kier molecular flexibility index (Phi) is 6.59. The number of aryl methyl sites for hydroxylation is 2. The Morgan fingerprint density at radius 3 is 2.50 bits per heavy atom. The minimum absolute atomic E-state index is 0.0681. The van der Waals surface area contributed by atoms with Gasteiger partial charge in [-0.15, -0.1) is 5.10 Å². The third kappa shape index (κ3) is 4.52. The number of aliphatic carboxylic acids is 1. The van der Waals surface area contributed by atoms with E-state index in [1.807, 2.05) is 32.2 Å². The van der Waals surface area contributed by atoms with Gasteiger partial charge < -0.3 is 14.6 Å². The topological polar surface area (TPSA) is 106 Å². The van der Waals surface area contributed by atoms with E-state index in [4.69, 9.17) is 4.98 Å². The van der Waals surface area contributed by atoms with Crippen molar-refractivity contribution >= 4 is 28.6 Å². The maximum absolute atomic E-state index is 14.2. The van der Waals surface area contributed by atoms with Crippen LogP contribution in [-0.2, 0) is 16.6 Å². The highest BCUT2D eigenvalue weighted by Crippen LogP contribution is 2.43. The molecule has 40 heavy (non-hydrogen) atoms. The maximum atomic E-state index is 14.2. The van der Waals surface area contributed by atoms with Crippen LogP contribution in [0.1, 0.15) is 68.5 Å². The number of aromatic nitrogens is 5. The van der Waals surface area contributed by atoms with Crippen molar-refractivity contribution < 1.29 is 23.5 Å². The highest BCUT2D eigenvalue weighted by molar-refractivity contribution is 5.96. The van der Waals surface area contributed by atoms with E-state index in [9.17, 15) is 23.5 Å². The van der Waals surface area contributed by atoms with E-state index in [1.54, 1.807) is 4.68 Å². The Hall–Kier alpha value is -4.15. The van der Waals surface area contributed by atoms with Crippen LogP contribution in [0.15, 0.2) is 36.4 Å². The summed E-state index contributed by atoms with van der Waals surface area (Å²) in [5, 5.41) is 17.6. The van der Waals surface area contributed by atoms with Crippen molar-refractivity contribution in [1.82, 2.24) is 24.5 Å². The first-order valence-electron chi connectivity index (χ1n) is 13.6. The second-order valence-corrected chi connectivity index (χ2v) is 10.9. The number of carboxylic acid groups (broad SMARTS) is 1. The van der Waals surface area contributed by atoms with Gasteiger partial charge in [-0.25, -0.2) is 18.4 Å². The summed E-state index contributed by atoms with van der Waals surface area (Å²) in [7, 11) is 1.84. The van der Waals surface area contributed by atoms with Crippen LogP contribution in [0.4, 0.5) is 14.5 Å². The van der Waals surface area contributed by atoms with Gasteiger partial charge in [0, 0.05) is 43.2 Å². The molecule has 1 saturated heterocycles. The number of fused-ring (bicyclic) bond motifs is 1. The summed E-state index contributed by atoms with van der Waals surface area (Å²) in [4.78, 5) is 31.0. The summed E-state index contributed by atoms with van der Waals surface area (Å²) in [6.07, 6.45) is 4.06. The minimum Gasteiger partial charge on any atom is -0.481 e. The van der Waals surface area contributed by atoms with Gasteiger partial charge in [0.2, 0.25) is 5.91 Å². The van der Waals surface area contributed by atoms with Crippen LogP contribution in [0.25, 0.3) is 22.3 Å². The second kappa shape index (κ2) is 10.1. The molecule has 3 heterocycles. The van der Waals surface area contributed by atoms with Crippen molar-refractivity contribution in [2.75, 3.05) is 4.90 Å². The lowest BCUT2D eigenvalue weighted by Gasteiger charge is -2.32. The van der Waals surface area contributed by atoms with Crippen LogP contribution in [0.3, 0.4) is 0 Å². The van der Waals surface area contributed by atoms with E-state index < -0.39 is 23.6 Å². The number of rotatable bonds is 6. The third-order valence-electron chi connectivity index (χ3n) is 8.32. The fourth-order valence-corrected chi connectivity index (χ4v) is 6.48. The Bertz CT molecular complexity index is 1600. The third-order valence-corrected chi connectivity index (χ3v) is 8.32. The number of benzene rings is 2. The number of carbonyl (C=O) groups is 2. The number of hydrogen-bond donors (Lipinski definition) is 1. The molecule has 0 spiro atoms. The van der Waals surface area contributed by atoms with E-state index in [2.05, 4.69) is 14.9 Å². The quantitative estimate of drug-likeness (QED) is 0.341. The van der Waals surface area contributed by atoms with Gasteiger partial charge in [-0.1, -0.05) is 11.3 Å². The largest absolute Gasteiger partial charge is 0.481 e. The van der Waals surface area contributed by atoms with Gasteiger partial charge in [0.15, 0.2) is 11.6 Å². The molecule has 1 aliphatic carbocycles. The smallest absolute Gasteiger partial charge is 0.303 e. The molecule has 2 aliphatic rings. The maximum Gasteiger partial charge on any atom is 0.303 e. The molecule has 1 atom stereocenters. The average molecular weight is 549 g/mol. The molecule has 4 aromatic rings. The number of nitrogens with zero attached hydrogens (tertiary/aromatic N) is 6. The van der Waals surface area contributed by atoms with Crippen LogP contribution in [0, 0.1) is 24.5 Å². The van der Waals surface area contributed by atoms with Gasteiger partial charge in [0.05, 0.1) is 28.5 Å². The molecular formula is C29H30F2N6O3. The summed E-state index contributed by atoms with van der Waals surface area (Å²) in [6.45, 7) is 1.90. The molecule has 208 valence electrons. The van der Waals surface area contributed by atoms with E-state index in [0.29, 0.717) is 17.9 Å². The highest BCUT2D eigenvalue weighted by atomic mass is 19.2. The molecule has 9 nitrogen and oxygen atoms in total. The summed E-state index contributed by atoms with van der Waals surface area (Å²) in [6, 6.07) is 9.17. The van der Waals surface area contributed by atoms with Gasteiger partial charge in [-0.2, -0.15) is 0 Å². The summed E-state index contributed by atoms with van der Waals surface area (Å²) in [5.41, 5.74) is 4.56. The van der Waals surface area contributed by atoms with Crippen molar-refractivity contribution in [2.45, 2.75) is 64.0 Å². The summed E-state index contributed by atoms with van der Waals surface area (Å²) < 4.78 is 31.9. The molecular weight excluding hydrogens is 518 g/mol. The summed E-state index contributed by atoms with van der Waals surface area (Å²) in [5.74, 6) is -2.10. The van der Waals surface area contributed by atoms with Gasteiger partial charge >= 0.3 is 5.97 Å². The Labute approximate surface area is 229 Å². The van der Waals surface area contributed by atoms with E-state index in [-0.39, 0.29) is 30.7 Å². The minimum atomic E-state index is -1.01. The van der Waals surface area contributed by atoms with Crippen LogP contribution >= 0.6 is 0 Å². The molecule has 1 N–H and O–H groups in total. The number of hydrogen-bond acceptors (Lipinski definition) is 5. The second-order valence-electron chi connectivity index (χ2n) is 10.9. The normalized spacial score (nSPS) is 21.4. The molecule has 2 aromatic carbocycles. The zero-order valence-electron chi connectivity index (χ0n) is 22.3. The fourth-order valence-electron chi connectivity index (χ4n) is 6.48. The molecule has 11 heteroatoms. The molecule has 0 radical (unpaired) electrons. The van der Waals surface area contributed by atoms with Gasteiger partial charge in [0.25, 0.3) is 0 Å². The van der Waals surface area contributed by atoms with Crippen molar-refractivity contribution in [1.29, 1.82) is 0 Å².